The summed E-state index contributed by atoms with van der Waals surface area (Å²) in [6.45, 7) is 4.52. The number of rotatable bonds is 57. The molecular formula is C65H121N2O6P. The number of quaternary nitrogens is 1. The molecule has 0 aliphatic carbocycles. The van der Waals surface area contributed by atoms with E-state index in [1.54, 1.807) is 6.08 Å². The van der Waals surface area contributed by atoms with Crippen LogP contribution in [0.15, 0.2) is 72.9 Å². The first-order chi connectivity index (χ1) is 36.0. The molecule has 0 aromatic carbocycles. The number of nitrogens with zero attached hydrogens (tertiary/aromatic N) is 1. The van der Waals surface area contributed by atoms with Gasteiger partial charge in [-0.3, -0.25) is 9.36 Å². The maximum absolute atomic E-state index is 12.9. The van der Waals surface area contributed by atoms with Crippen LogP contribution in [0.5, 0.6) is 0 Å². The Kier molecular flexibility index (Phi) is 54.1. The summed E-state index contributed by atoms with van der Waals surface area (Å²) in [7, 11) is 1.25. The average molecular weight is 1060 g/mol. The Bertz CT molecular complexity index is 1430. The highest BCUT2D eigenvalue weighted by molar-refractivity contribution is 7.45. The summed E-state index contributed by atoms with van der Waals surface area (Å²) in [5.74, 6) is -0.205. The van der Waals surface area contributed by atoms with Crippen molar-refractivity contribution in [1.82, 2.24) is 5.32 Å². The lowest BCUT2D eigenvalue weighted by atomic mass is 10.0. The van der Waals surface area contributed by atoms with E-state index in [0.29, 0.717) is 17.4 Å². The molecule has 0 spiro atoms. The van der Waals surface area contributed by atoms with Gasteiger partial charge in [0.05, 0.1) is 39.9 Å². The number of unbranched alkanes of at least 4 members (excludes halogenated alkanes) is 34. The van der Waals surface area contributed by atoms with Crippen molar-refractivity contribution >= 4 is 13.7 Å². The quantitative estimate of drug-likeness (QED) is 0.0272. The third-order valence-electron chi connectivity index (χ3n) is 13.9. The molecule has 0 bridgehead atoms. The number of amides is 1. The fourth-order valence-corrected chi connectivity index (χ4v) is 9.77. The van der Waals surface area contributed by atoms with E-state index in [-0.39, 0.29) is 12.5 Å². The monoisotopic (exact) mass is 1060 g/mol. The molecule has 0 fully saturated rings. The molecule has 0 aliphatic rings. The smallest absolute Gasteiger partial charge is 0.268 e. The maximum Gasteiger partial charge on any atom is 0.268 e. The highest BCUT2D eigenvalue weighted by Crippen LogP contribution is 2.38. The molecule has 1 amide bonds. The normalized spacial score (nSPS) is 14.3. The van der Waals surface area contributed by atoms with Crippen molar-refractivity contribution in [3.63, 3.8) is 0 Å². The number of likely N-dealkylation sites (N-methyl/N-ethyl adjacent to an activating group) is 1. The molecular weight excluding hydrogens is 936 g/mol. The summed E-state index contributed by atoms with van der Waals surface area (Å²) in [5, 5.41) is 13.8. The summed E-state index contributed by atoms with van der Waals surface area (Å²) in [5.41, 5.74) is 0. The molecule has 0 saturated carbocycles. The number of carbonyl (C=O) groups excluding carboxylic acids is 1. The average Bonchev–Trinajstić information content (AvgIpc) is 3.36. The van der Waals surface area contributed by atoms with E-state index >= 15 is 0 Å². The molecule has 0 radical (unpaired) electrons. The van der Waals surface area contributed by atoms with Crippen molar-refractivity contribution in [3.8, 4) is 0 Å². The van der Waals surface area contributed by atoms with Crippen molar-refractivity contribution in [3.05, 3.63) is 72.9 Å². The second-order valence-electron chi connectivity index (χ2n) is 22.4. The number of aliphatic hydroxyl groups is 1. The fourth-order valence-electron chi connectivity index (χ4n) is 9.05. The Hall–Kier alpha value is -2.06. The van der Waals surface area contributed by atoms with E-state index in [0.717, 1.165) is 64.2 Å². The molecule has 2 N–H and O–H groups in total. The number of hydrogen-bond donors (Lipinski definition) is 2. The summed E-state index contributed by atoms with van der Waals surface area (Å²) in [6.07, 6.45) is 77.4. The Labute approximate surface area is 459 Å². The lowest BCUT2D eigenvalue weighted by molar-refractivity contribution is -0.870. The minimum Gasteiger partial charge on any atom is -0.756 e. The highest BCUT2D eigenvalue weighted by atomic mass is 31.2. The number of aliphatic hydroxyl groups excluding tert-OH is 1. The van der Waals surface area contributed by atoms with Gasteiger partial charge >= 0.3 is 0 Å². The number of allylic oxidation sites excluding steroid dienone is 11. The van der Waals surface area contributed by atoms with Gasteiger partial charge in [-0.2, -0.15) is 0 Å². The van der Waals surface area contributed by atoms with Gasteiger partial charge in [-0.1, -0.05) is 279 Å². The summed E-state index contributed by atoms with van der Waals surface area (Å²) < 4.78 is 23.3. The van der Waals surface area contributed by atoms with Crippen molar-refractivity contribution in [1.29, 1.82) is 0 Å². The van der Waals surface area contributed by atoms with E-state index in [1.165, 1.54) is 199 Å². The molecule has 9 heteroatoms. The predicted molar refractivity (Wildman–Crippen MR) is 320 cm³/mol. The van der Waals surface area contributed by atoms with Crippen molar-refractivity contribution in [2.45, 2.75) is 296 Å². The first-order valence-corrected chi connectivity index (χ1v) is 32.8. The zero-order valence-electron chi connectivity index (χ0n) is 49.3. The second-order valence-corrected chi connectivity index (χ2v) is 23.8. The molecule has 0 heterocycles. The Morgan fingerprint density at radius 2 is 0.838 bits per heavy atom. The Morgan fingerprint density at radius 1 is 0.486 bits per heavy atom. The first kappa shape index (κ1) is 71.9. The molecule has 74 heavy (non-hydrogen) atoms. The minimum atomic E-state index is -4.60. The van der Waals surface area contributed by atoms with Gasteiger partial charge in [-0.15, -0.1) is 0 Å². The standard InChI is InChI=1S/C65H121N2O6P/c1-6-8-10-12-14-16-18-20-21-22-23-24-25-26-27-28-29-30-31-32-33-34-35-36-37-38-39-40-41-42-43-44-45-47-49-51-53-55-57-59-65(69)66-63(62-73-74(70,71)72-61-60-67(3,4)5)64(68)58-56-54-52-50-48-46-19-17-15-13-11-9-7-2/h8,10,14,16,20-21,23-24,48,50,56,58,63-64,68H,6-7,9,11-13,15,17-19,22,25-47,49,51-55,57,59-62H2,1-5H3,(H-,66,69,70,71)/b10-8-,16-14-,21-20-,24-23-,50-48+,58-56+. The lowest BCUT2D eigenvalue weighted by Crippen LogP contribution is -2.45. The third kappa shape index (κ3) is 57.6. The summed E-state index contributed by atoms with van der Waals surface area (Å²) in [4.78, 5) is 25.5. The van der Waals surface area contributed by atoms with E-state index in [4.69, 9.17) is 9.05 Å². The van der Waals surface area contributed by atoms with Crippen LogP contribution < -0.4 is 10.2 Å². The van der Waals surface area contributed by atoms with E-state index < -0.39 is 26.6 Å². The zero-order valence-corrected chi connectivity index (χ0v) is 50.2. The maximum atomic E-state index is 12.9. The van der Waals surface area contributed by atoms with E-state index in [9.17, 15) is 19.4 Å². The van der Waals surface area contributed by atoms with Crippen molar-refractivity contribution in [2.24, 2.45) is 0 Å². The molecule has 432 valence electrons. The van der Waals surface area contributed by atoms with Gasteiger partial charge in [-0.05, 0) is 70.6 Å². The van der Waals surface area contributed by atoms with E-state index in [1.807, 2.05) is 27.2 Å². The summed E-state index contributed by atoms with van der Waals surface area (Å²) >= 11 is 0. The van der Waals surface area contributed by atoms with Crippen LogP contribution in [0.25, 0.3) is 0 Å². The SMILES string of the molecule is CC/C=C\C/C=C\C/C=C\C/C=C\CCCCCCCCCCCCCCCCCCCCCCCCCCCCC(=O)NC(COP(=O)([O-])OCC[N+](C)(C)C)C(O)/C=C/CC/C=C/CCCCCCCCC. The van der Waals surface area contributed by atoms with Crippen molar-refractivity contribution in [2.75, 3.05) is 40.9 Å². The number of carbonyl (C=O) groups is 1. The van der Waals surface area contributed by atoms with Crippen LogP contribution in [0.3, 0.4) is 0 Å². The Balaban J connectivity index is 3.90. The lowest BCUT2D eigenvalue weighted by Gasteiger charge is -2.29. The molecule has 3 unspecified atom stereocenters. The van der Waals surface area contributed by atoms with Gasteiger partial charge in [0.15, 0.2) is 0 Å². The second kappa shape index (κ2) is 55.7. The van der Waals surface area contributed by atoms with Gasteiger partial charge in [-0.25, -0.2) is 0 Å². The van der Waals surface area contributed by atoms with Crippen LogP contribution in [0.4, 0.5) is 0 Å². The largest absolute Gasteiger partial charge is 0.756 e. The minimum absolute atomic E-state index is 0.00625. The molecule has 0 aromatic rings. The summed E-state index contributed by atoms with van der Waals surface area (Å²) in [6, 6.07) is -0.902. The van der Waals surface area contributed by atoms with Gasteiger partial charge in [0.1, 0.15) is 13.2 Å². The number of phosphoric ester groups is 1. The van der Waals surface area contributed by atoms with Gasteiger partial charge in [0.25, 0.3) is 7.82 Å². The van der Waals surface area contributed by atoms with Crippen LogP contribution in [0.2, 0.25) is 0 Å². The number of nitrogens with one attached hydrogen (secondary N) is 1. The van der Waals surface area contributed by atoms with Crippen LogP contribution in [-0.4, -0.2) is 68.5 Å². The highest BCUT2D eigenvalue weighted by Gasteiger charge is 2.23. The molecule has 0 saturated heterocycles. The van der Waals surface area contributed by atoms with Gasteiger partial charge in [0, 0.05) is 6.42 Å². The molecule has 0 aromatic heterocycles. The molecule has 3 atom stereocenters. The van der Waals surface area contributed by atoms with Crippen LogP contribution >= 0.6 is 7.82 Å². The van der Waals surface area contributed by atoms with Crippen LogP contribution in [-0.2, 0) is 18.4 Å². The predicted octanol–water partition coefficient (Wildman–Crippen LogP) is 18.8. The van der Waals surface area contributed by atoms with Gasteiger partial charge in [0.2, 0.25) is 5.91 Å². The van der Waals surface area contributed by atoms with Crippen LogP contribution in [0.1, 0.15) is 284 Å². The zero-order chi connectivity index (χ0) is 54.2. The fraction of sp³-hybridized carbons (Fsp3) is 0.800. The third-order valence-corrected chi connectivity index (χ3v) is 14.9. The molecule has 0 aliphatic heterocycles. The molecule has 0 rings (SSSR count). The first-order valence-electron chi connectivity index (χ1n) is 31.3. The van der Waals surface area contributed by atoms with E-state index in [2.05, 4.69) is 79.9 Å². The Morgan fingerprint density at radius 3 is 1.26 bits per heavy atom. The topological polar surface area (TPSA) is 108 Å². The van der Waals surface area contributed by atoms with Gasteiger partial charge < -0.3 is 28.8 Å². The number of hydrogen-bond acceptors (Lipinski definition) is 6. The van der Waals surface area contributed by atoms with Crippen molar-refractivity contribution < 1.29 is 32.9 Å². The molecule has 8 nitrogen and oxygen atoms in total. The van der Waals surface area contributed by atoms with Crippen LogP contribution in [0, 0.1) is 0 Å². The number of phosphoric acid groups is 1.